The average Bonchev–Trinajstić information content (AvgIpc) is 2.26. The lowest BCUT2D eigenvalue weighted by Gasteiger charge is -2.26. The van der Waals surface area contributed by atoms with Gasteiger partial charge in [0.25, 0.3) is 0 Å². The lowest BCUT2D eigenvalue weighted by atomic mass is 9.85. The Morgan fingerprint density at radius 1 is 1.10 bits per heavy atom. The van der Waals surface area contributed by atoms with E-state index in [0.717, 1.165) is 6.07 Å². The molecule has 0 bridgehead atoms. The first-order valence-corrected chi connectivity index (χ1v) is 7.52. The van der Waals surface area contributed by atoms with Crippen molar-refractivity contribution in [2.75, 3.05) is 11.9 Å². The van der Waals surface area contributed by atoms with Crippen LogP contribution in [0.2, 0.25) is 0 Å². The molecule has 0 aliphatic heterocycles. The van der Waals surface area contributed by atoms with Gasteiger partial charge >= 0.3 is 6.18 Å². The smallest absolute Gasteiger partial charge is 0.384 e. The summed E-state index contributed by atoms with van der Waals surface area (Å²) >= 11 is 3.22. The fourth-order valence-corrected chi connectivity index (χ4v) is 2.74. The number of rotatable bonds is 5. The summed E-state index contributed by atoms with van der Waals surface area (Å²) in [5, 5.41) is 2.97. The van der Waals surface area contributed by atoms with Gasteiger partial charge in [0.1, 0.15) is 0 Å². The second kappa shape index (κ2) is 6.83. The summed E-state index contributed by atoms with van der Waals surface area (Å²) in [7, 11) is 0. The molecule has 1 aromatic carbocycles. The molecule has 0 atom stereocenters. The molecule has 0 saturated carbocycles. The van der Waals surface area contributed by atoms with E-state index in [2.05, 4.69) is 48.9 Å². The lowest BCUT2D eigenvalue weighted by molar-refractivity contribution is -0.137. The van der Waals surface area contributed by atoms with E-state index >= 15 is 0 Å². The highest BCUT2D eigenvalue weighted by atomic mass is 79.9. The molecule has 0 unspecified atom stereocenters. The minimum Gasteiger partial charge on any atom is -0.384 e. The van der Waals surface area contributed by atoms with E-state index in [1.807, 2.05) is 0 Å². The predicted molar refractivity (Wildman–Crippen MR) is 80.8 cm³/mol. The lowest BCUT2D eigenvalue weighted by Crippen LogP contribution is -2.25. The molecule has 0 fully saturated rings. The van der Waals surface area contributed by atoms with E-state index in [1.54, 1.807) is 0 Å². The number of alkyl halides is 3. The van der Waals surface area contributed by atoms with Crippen LogP contribution < -0.4 is 5.32 Å². The molecule has 0 spiro atoms. The maximum absolute atomic E-state index is 13.0. The summed E-state index contributed by atoms with van der Waals surface area (Å²) in [5.74, 6) is 1.17. The molecule has 114 valence electrons. The van der Waals surface area contributed by atoms with Gasteiger partial charge in [-0.1, -0.05) is 43.6 Å². The van der Waals surface area contributed by atoms with Crippen LogP contribution in [-0.4, -0.2) is 6.54 Å². The molecule has 1 N–H and O–H groups in total. The molecule has 5 heteroatoms. The second-order valence-electron chi connectivity index (χ2n) is 5.72. The first-order valence-electron chi connectivity index (χ1n) is 6.73. The van der Waals surface area contributed by atoms with Crippen LogP contribution in [0.15, 0.2) is 22.7 Å². The Balaban J connectivity index is 2.94. The minimum atomic E-state index is -4.34. The van der Waals surface area contributed by atoms with E-state index in [-0.39, 0.29) is 5.69 Å². The summed E-state index contributed by atoms with van der Waals surface area (Å²) in [6.07, 6.45) is -4.34. The number of benzene rings is 1. The monoisotopic (exact) mass is 351 g/mol. The number of halogens is 4. The molecule has 0 aliphatic rings. The van der Waals surface area contributed by atoms with Crippen molar-refractivity contribution in [3.8, 4) is 0 Å². The van der Waals surface area contributed by atoms with E-state index in [4.69, 9.17) is 0 Å². The summed E-state index contributed by atoms with van der Waals surface area (Å²) in [6, 6.07) is 4.00. The second-order valence-corrected chi connectivity index (χ2v) is 6.64. The van der Waals surface area contributed by atoms with Crippen LogP contribution in [0.5, 0.6) is 0 Å². The van der Waals surface area contributed by atoms with Gasteiger partial charge in [-0.15, -0.1) is 0 Å². The van der Waals surface area contributed by atoms with Crippen LogP contribution in [-0.2, 0) is 6.18 Å². The highest BCUT2D eigenvalue weighted by molar-refractivity contribution is 9.10. The Bertz CT molecular complexity index is 433. The Morgan fingerprint density at radius 3 is 2.10 bits per heavy atom. The Kier molecular flexibility index (Phi) is 5.92. The molecule has 0 saturated heterocycles. The Labute approximate surface area is 127 Å². The van der Waals surface area contributed by atoms with Gasteiger partial charge in [-0.05, 0) is 36.0 Å². The van der Waals surface area contributed by atoms with Crippen molar-refractivity contribution in [2.45, 2.75) is 33.9 Å². The maximum Gasteiger partial charge on any atom is 0.418 e. The third kappa shape index (κ3) is 4.69. The van der Waals surface area contributed by atoms with Gasteiger partial charge < -0.3 is 5.32 Å². The minimum absolute atomic E-state index is 0.137. The number of anilines is 1. The van der Waals surface area contributed by atoms with Crippen molar-refractivity contribution in [1.29, 1.82) is 0 Å². The Hall–Kier alpha value is -0.710. The molecule has 20 heavy (non-hydrogen) atoms. The summed E-state index contributed by atoms with van der Waals surface area (Å²) in [4.78, 5) is 0. The van der Waals surface area contributed by atoms with Crippen molar-refractivity contribution in [1.82, 2.24) is 0 Å². The average molecular weight is 352 g/mol. The van der Waals surface area contributed by atoms with E-state index in [9.17, 15) is 13.2 Å². The van der Waals surface area contributed by atoms with E-state index in [0.29, 0.717) is 28.8 Å². The van der Waals surface area contributed by atoms with Crippen molar-refractivity contribution in [2.24, 2.45) is 17.8 Å². The SMILES string of the molecule is CC(C)C(CNc1cc(Br)ccc1C(F)(F)F)C(C)C. The van der Waals surface area contributed by atoms with Crippen molar-refractivity contribution < 1.29 is 13.2 Å². The standard InChI is InChI=1S/C15H21BrF3N/c1-9(2)12(10(3)4)8-20-14-7-11(16)5-6-13(14)15(17,18)19/h5-7,9-10,12,20H,8H2,1-4H3. The van der Waals surface area contributed by atoms with Crippen molar-refractivity contribution >= 4 is 21.6 Å². The zero-order valence-electron chi connectivity index (χ0n) is 12.2. The van der Waals surface area contributed by atoms with Gasteiger partial charge in [-0.3, -0.25) is 0 Å². The molecule has 0 heterocycles. The van der Waals surface area contributed by atoms with Crippen LogP contribution in [0.1, 0.15) is 33.3 Å². The topological polar surface area (TPSA) is 12.0 Å². The van der Waals surface area contributed by atoms with Crippen LogP contribution >= 0.6 is 15.9 Å². The van der Waals surface area contributed by atoms with Gasteiger partial charge in [0.15, 0.2) is 0 Å². The van der Waals surface area contributed by atoms with E-state index in [1.165, 1.54) is 12.1 Å². The van der Waals surface area contributed by atoms with E-state index < -0.39 is 11.7 Å². The molecule has 1 rings (SSSR count). The molecular formula is C15H21BrF3N. The van der Waals surface area contributed by atoms with Gasteiger partial charge in [0, 0.05) is 16.7 Å². The molecule has 0 amide bonds. The third-order valence-electron chi connectivity index (χ3n) is 3.53. The van der Waals surface area contributed by atoms with Gasteiger partial charge in [-0.2, -0.15) is 13.2 Å². The fourth-order valence-electron chi connectivity index (χ4n) is 2.38. The summed E-state index contributed by atoms with van der Waals surface area (Å²) in [6.45, 7) is 8.92. The largest absolute Gasteiger partial charge is 0.418 e. The van der Waals surface area contributed by atoms with Crippen LogP contribution in [0.25, 0.3) is 0 Å². The van der Waals surface area contributed by atoms with Gasteiger partial charge in [0.2, 0.25) is 0 Å². The molecule has 1 aromatic rings. The number of hydrogen-bond acceptors (Lipinski definition) is 1. The fraction of sp³-hybridized carbons (Fsp3) is 0.600. The Morgan fingerprint density at radius 2 is 1.65 bits per heavy atom. The number of hydrogen-bond donors (Lipinski definition) is 1. The normalized spacial score (nSPS) is 12.6. The predicted octanol–water partition coefficient (Wildman–Crippen LogP) is 5.81. The number of nitrogens with one attached hydrogen (secondary N) is 1. The van der Waals surface area contributed by atoms with Crippen LogP contribution in [0, 0.1) is 17.8 Å². The van der Waals surface area contributed by atoms with Crippen molar-refractivity contribution in [3.63, 3.8) is 0 Å². The molecule has 0 radical (unpaired) electrons. The van der Waals surface area contributed by atoms with Gasteiger partial charge in [0.05, 0.1) is 5.56 Å². The first-order chi connectivity index (χ1) is 9.12. The maximum atomic E-state index is 13.0. The molecular weight excluding hydrogens is 331 g/mol. The van der Waals surface area contributed by atoms with Gasteiger partial charge in [-0.25, -0.2) is 0 Å². The quantitative estimate of drug-likeness (QED) is 0.705. The zero-order chi connectivity index (χ0) is 15.5. The summed E-state index contributed by atoms with van der Waals surface area (Å²) < 4.78 is 39.5. The van der Waals surface area contributed by atoms with Crippen LogP contribution in [0.4, 0.5) is 18.9 Å². The first kappa shape index (κ1) is 17.3. The molecule has 0 aromatic heterocycles. The zero-order valence-corrected chi connectivity index (χ0v) is 13.8. The summed E-state index contributed by atoms with van der Waals surface area (Å²) in [5.41, 5.74) is -0.481. The van der Waals surface area contributed by atoms with Crippen LogP contribution in [0.3, 0.4) is 0 Å². The highest BCUT2D eigenvalue weighted by Gasteiger charge is 2.33. The third-order valence-corrected chi connectivity index (χ3v) is 4.02. The van der Waals surface area contributed by atoms with Crippen molar-refractivity contribution in [3.05, 3.63) is 28.2 Å². The molecule has 0 aliphatic carbocycles. The molecule has 1 nitrogen and oxygen atoms in total. The highest BCUT2D eigenvalue weighted by Crippen LogP contribution is 2.36.